The van der Waals surface area contributed by atoms with Gasteiger partial charge in [0.25, 0.3) is 0 Å². The van der Waals surface area contributed by atoms with E-state index >= 15 is 0 Å². The van der Waals surface area contributed by atoms with Gasteiger partial charge in [-0.15, -0.1) is 0 Å². The maximum Gasteiger partial charge on any atom is 0.338 e. The number of methoxy groups -OCH3 is 1. The van der Waals surface area contributed by atoms with Crippen LogP contribution in [-0.2, 0) is 9.53 Å². The molecule has 60 valence electrons. The monoisotopic (exact) mass is 152 g/mol. The van der Waals surface area contributed by atoms with Crippen molar-refractivity contribution in [2.24, 2.45) is 0 Å². The molecule has 0 unspecified atom stereocenters. The Kier molecular flexibility index (Phi) is 3.96. The summed E-state index contributed by atoms with van der Waals surface area (Å²) in [5.41, 5.74) is 1.04. The Morgan fingerprint density at radius 2 is 2.09 bits per heavy atom. The largest absolute Gasteiger partial charge is 0.465 e. The third kappa shape index (κ3) is 2.42. The fourth-order valence-corrected chi connectivity index (χ4v) is 0.654. The zero-order valence-electron chi connectivity index (χ0n) is 6.89. The highest BCUT2D eigenvalue weighted by molar-refractivity contribution is 5.93. The molecular formula is C9H12O2. The number of carbonyl (C=O) groups excluding carboxylic acids is 1. The normalized spacial score (nSPS) is 10.5. The average Bonchev–Trinajstić information content (AvgIpc) is 2.05. The minimum Gasteiger partial charge on any atom is -0.465 e. The van der Waals surface area contributed by atoms with E-state index in [1.807, 2.05) is 0 Å². The van der Waals surface area contributed by atoms with Gasteiger partial charge in [-0.05, 0) is 12.5 Å². The number of carbonyl (C=O) groups is 1. The Morgan fingerprint density at radius 3 is 2.36 bits per heavy atom. The number of allylic oxidation sites excluding steroid dienone is 2. The predicted octanol–water partition coefficient (Wildman–Crippen LogP) is 1.85. The second kappa shape index (κ2) is 4.50. The molecule has 0 aliphatic carbocycles. The molecule has 0 aromatic carbocycles. The van der Waals surface area contributed by atoms with Gasteiger partial charge < -0.3 is 4.74 Å². The Balaban J connectivity index is 4.56. The minimum atomic E-state index is -0.377. The molecule has 0 aliphatic heterocycles. The van der Waals surface area contributed by atoms with E-state index in [-0.39, 0.29) is 5.97 Å². The number of hydrogen-bond acceptors (Lipinski definition) is 2. The van der Waals surface area contributed by atoms with E-state index in [4.69, 9.17) is 0 Å². The van der Waals surface area contributed by atoms with Crippen molar-refractivity contribution in [2.45, 2.75) is 6.92 Å². The molecule has 0 atom stereocenters. The molecule has 0 rings (SSSR count). The summed E-state index contributed by atoms with van der Waals surface area (Å²) in [7, 11) is 1.34. The molecule has 0 radical (unpaired) electrons. The first-order chi connectivity index (χ1) is 5.17. The van der Waals surface area contributed by atoms with E-state index in [0.717, 1.165) is 0 Å². The van der Waals surface area contributed by atoms with Crippen LogP contribution in [0.15, 0.2) is 36.5 Å². The summed E-state index contributed by atoms with van der Waals surface area (Å²) < 4.78 is 4.51. The lowest BCUT2D eigenvalue weighted by Crippen LogP contribution is -2.05. The first-order valence-corrected chi connectivity index (χ1v) is 3.23. The van der Waals surface area contributed by atoms with E-state index in [1.54, 1.807) is 13.0 Å². The summed E-state index contributed by atoms with van der Waals surface area (Å²) in [4.78, 5) is 10.9. The first-order valence-electron chi connectivity index (χ1n) is 3.23. The molecule has 0 aromatic heterocycles. The van der Waals surface area contributed by atoms with Crippen molar-refractivity contribution in [1.29, 1.82) is 0 Å². The molecule has 0 spiro atoms. The molecule has 11 heavy (non-hydrogen) atoms. The Bertz CT molecular complexity index is 212. The Hall–Kier alpha value is -1.31. The van der Waals surface area contributed by atoms with Crippen molar-refractivity contribution in [1.82, 2.24) is 0 Å². The van der Waals surface area contributed by atoms with E-state index in [1.165, 1.54) is 13.2 Å². The lowest BCUT2D eigenvalue weighted by Gasteiger charge is -2.02. The fraction of sp³-hybridized carbons (Fsp3) is 0.222. The predicted molar refractivity (Wildman–Crippen MR) is 45.1 cm³/mol. The molecule has 0 bridgehead atoms. The molecular weight excluding hydrogens is 140 g/mol. The molecule has 2 nitrogen and oxygen atoms in total. The Labute approximate surface area is 66.9 Å². The number of rotatable bonds is 3. The van der Waals surface area contributed by atoms with Gasteiger partial charge in [0, 0.05) is 0 Å². The highest BCUT2D eigenvalue weighted by Crippen LogP contribution is 2.09. The number of ether oxygens (including phenoxy) is 1. The van der Waals surface area contributed by atoms with E-state index in [2.05, 4.69) is 17.9 Å². The molecule has 0 saturated heterocycles. The summed E-state index contributed by atoms with van der Waals surface area (Å²) in [6.07, 6.45) is 3.17. The smallest absolute Gasteiger partial charge is 0.338 e. The maximum absolute atomic E-state index is 10.9. The summed E-state index contributed by atoms with van der Waals surface area (Å²) in [6, 6.07) is 0. The van der Waals surface area contributed by atoms with E-state index < -0.39 is 0 Å². The van der Waals surface area contributed by atoms with Crippen molar-refractivity contribution in [3.63, 3.8) is 0 Å². The molecule has 0 heterocycles. The SMILES string of the molecule is C=CC(=C)C(=CC)C(=O)OC. The van der Waals surface area contributed by atoms with Gasteiger partial charge in [-0.25, -0.2) is 4.79 Å². The van der Waals surface area contributed by atoms with Crippen LogP contribution >= 0.6 is 0 Å². The van der Waals surface area contributed by atoms with Crippen LogP contribution in [0.1, 0.15) is 6.92 Å². The van der Waals surface area contributed by atoms with Crippen LogP contribution in [0, 0.1) is 0 Å². The van der Waals surface area contributed by atoms with Gasteiger partial charge in [-0.1, -0.05) is 25.3 Å². The molecule has 0 N–H and O–H groups in total. The number of hydrogen-bond donors (Lipinski definition) is 0. The van der Waals surface area contributed by atoms with Crippen LogP contribution in [0.2, 0.25) is 0 Å². The topological polar surface area (TPSA) is 26.3 Å². The van der Waals surface area contributed by atoms with E-state index in [9.17, 15) is 4.79 Å². The summed E-state index contributed by atoms with van der Waals surface area (Å²) in [5.74, 6) is -0.377. The standard InChI is InChI=1S/C9H12O2/c1-5-7(3)8(6-2)9(10)11-4/h5-6H,1,3H2,2,4H3. The summed E-state index contributed by atoms with van der Waals surface area (Å²) in [5, 5.41) is 0. The number of esters is 1. The zero-order valence-corrected chi connectivity index (χ0v) is 6.89. The second-order valence-corrected chi connectivity index (χ2v) is 1.92. The van der Waals surface area contributed by atoms with Gasteiger partial charge in [0.1, 0.15) is 0 Å². The summed E-state index contributed by atoms with van der Waals surface area (Å²) >= 11 is 0. The lowest BCUT2D eigenvalue weighted by molar-refractivity contribution is -0.135. The molecule has 0 aromatic rings. The van der Waals surface area contributed by atoms with Gasteiger partial charge in [-0.3, -0.25) is 0 Å². The van der Waals surface area contributed by atoms with Crippen LogP contribution in [0.5, 0.6) is 0 Å². The van der Waals surface area contributed by atoms with Gasteiger partial charge in [0.15, 0.2) is 0 Å². The highest BCUT2D eigenvalue weighted by Gasteiger charge is 2.08. The van der Waals surface area contributed by atoms with Crippen molar-refractivity contribution in [3.05, 3.63) is 36.5 Å². The van der Waals surface area contributed by atoms with Crippen molar-refractivity contribution < 1.29 is 9.53 Å². The Morgan fingerprint density at radius 1 is 1.55 bits per heavy atom. The van der Waals surface area contributed by atoms with E-state index in [0.29, 0.717) is 11.1 Å². The average molecular weight is 152 g/mol. The quantitative estimate of drug-likeness (QED) is 0.350. The van der Waals surface area contributed by atoms with Crippen molar-refractivity contribution >= 4 is 5.97 Å². The fourth-order valence-electron chi connectivity index (χ4n) is 0.654. The highest BCUT2D eigenvalue weighted by atomic mass is 16.5. The molecule has 0 saturated carbocycles. The maximum atomic E-state index is 10.9. The van der Waals surface area contributed by atoms with Crippen molar-refractivity contribution in [2.75, 3.05) is 7.11 Å². The van der Waals surface area contributed by atoms with Crippen LogP contribution in [0.3, 0.4) is 0 Å². The van der Waals surface area contributed by atoms with Gasteiger partial charge >= 0.3 is 5.97 Å². The van der Waals surface area contributed by atoms with Crippen LogP contribution in [0.25, 0.3) is 0 Å². The van der Waals surface area contributed by atoms with Gasteiger partial charge in [0.2, 0.25) is 0 Å². The van der Waals surface area contributed by atoms with Crippen LogP contribution in [-0.4, -0.2) is 13.1 Å². The van der Waals surface area contributed by atoms with Crippen LogP contribution in [0.4, 0.5) is 0 Å². The zero-order chi connectivity index (χ0) is 8.85. The second-order valence-electron chi connectivity index (χ2n) is 1.92. The minimum absolute atomic E-state index is 0.377. The molecule has 0 amide bonds. The third-order valence-electron chi connectivity index (χ3n) is 1.29. The van der Waals surface area contributed by atoms with Gasteiger partial charge in [0.05, 0.1) is 12.7 Å². The molecule has 0 fully saturated rings. The summed E-state index contributed by atoms with van der Waals surface area (Å²) in [6.45, 7) is 8.88. The van der Waals surface area contributed by atoms with Crippen LogP contribution < -0.4 is 0 Å². The third-order valence-corrected chi connectivity index (χ3v) is 1.29. The molecule has 0 aliphatic rings. The first kappa shape index (κ1) is 9.69. The molecule has 2 heteroatoms. The van der Waals surface area contributed by atoms with Crippen molar-refractivity contribution in [3.8, 4) is 0 Å². The lowest BCUT2D eigenvalue weighted by atomic mass is 10.1. The van der Waals surface area contributed by atoms with Gasteiger partial charge in [-0.2, -0.15) is 0 Å².